The maximum absolute atomic E-state index is 13.3. The number of ether oxygens (including phenoxy) is 1. The second-order valence-corrected chi connectivity index (χ2v) is 8.61. The van der Waals surface area contributed by atoms with Crippen molar-refractivity contribution in [3.05, 3.63) is 99.1 Å². The summed E-state index contributed by atoms with van der Waals surface area (Å²) in [6, 6.07) is 17.1. The van der Waals surface area contributed by atoms with Crippen molar-refractivity contribution in [3.63, 3.8) is 0 Å². The molecule has 0 bridgehead atoms. The smallest absolute Gasteiger partial charge is 0.300 e. The van der Waals surface area contributed by atoms with Crippen LogP contribution in [-0.4, -0.2) is 23.9 Å². The Morgan fingerprint density at radius 3 is 2.36 bits per heavy atom. The molecule has 1 heterocycles. The van der Waals surface area contributed by atoms with Crippen LogP contribution in [-0.2, 0) is 9.59 Å². The lowest BCUT2D eigenvalue weighted by Crippen LogP contribution is -2.29. The summed E-state index contributed by atoms with van der Waals surface area (Å²) in [5, 5.41) is 11.6. The van der Waals surface area contributed by atoms with Gasteiger partial charge in [-0.3, -0.25) is 14.5 Å². The number of carbonyl (C=O) groups excluding carboxylic acids is 2. The number of ketones is 1. The molecule has 0 aliphatic carbocycles. The zero-order chi connectivity index (χ0) is 23.9. The molecule has 1 aliphatic heterocycles. The number of hydrogen-bond acceptors (Lipinski definition) is 4. The first-order valence-corrected chi connectivity index (χ1v) is 10.9. The highest BCUT2D eigenvalue weighted by Gasteiger charge is 2.47. The fourth-order valence-corrected chi connectivity index (χ4v) is 4.36. The first-order valence-electron chi connectivity index (χ1n) is 10.5. The van der Waals surface area contributed by atoms with Crippen LogP contribution >= 0.6 is 11.6 Å². The number of benzene rings is 3. The van der Waals surface area contributed by atoms with Crippen LogP contribution in [0.1, 0.15) is 33.9 Å². The number of halogens is 1. The number of aryl methyl sites for hydroxylation is 3. The van der Waals surface area contributed by atoms with Crippen molar-refractivity contribution >= 4 is 34.7 Å². The van der Waals surface area contributed by atoms with E-state index in [0.29, 0.717) is 27.6 Å². The Bertz CT molecular complexity index is 1310. The van der Waals surface area contributed by atoms with Gasteiger partial charge in [-0.1, -0.05) is 53.6 Å². The number of Topliss-reactive ketones (excluding diaryl/α,β-unsaturated/α-hetero) is 1. The summed E-state index contributed by atoms with van der Waals surface area (Å²) >= 11 is 6.33. The predicted octanol–water partition coefficient (Wildman–Crippen LogP) is 5.90. The summed E-state index contributed by atoms with van der Waals surface area (Å²) < 4.78 is 5.22. The van der Waals surface area contributed by atoms with Crippen molar-refractivity contribution in [1.82, 2.24) is 0 Å². The van der Waals surface area contributed by atoms with Gasteiger partial charge in [0.1, 0.15) is 11.5 Å². The van der Waals surface area contributed by atoms with Gasteiger partial charge >= 0.3 is 0 Å². The second kappa shape index (κ2) is 8.75. The van der Waals surface area contributed by atoms with E-state index in [1.54, 1.807) is 24.3 Å². The molecule has 1 aliphatic rings. The minimum Gasteiger partial charge on any atom is -0.507 e. The lowest BCUT2D eigenvalue weighted by Gasteiger charge is -2.26. The van der Waals surface area contributed by atoms with Gasteiger partial charge < -0.3 is 9.84 Å². The molecule has 1 unspecified atom stereocenters. The average molecular weight is 462 g/mol. The van der Waals surface area contributed by atoms with Gasteiger partial charge in [0.25, 0.3) is 11.7 Å². The fraction of sp³-hybridized carbons (Fsp3) is 0.185. The highest BCUT2D eigenvalue weighted by Crippen LogP contribution is 2.43. The first kappa shape index (κ1) is 22.6. The summed E-state index contributed by atoms with van der Waals surface area (Å²) in [7, 11) is 1.50. The van der Waals surface area contributed by atoms with Crippen molar-refractivity contribution in [2.45, 2.75) is 26.8 Å². The number of aliphatic hydroxyl groups excluding tert-OH is 1. The molecule has 6 heteroatoms. The van der Waals surface area contributed by atoms with Gasteiger partial charge in [0.05, 0.1) is 23.7 Å². The predicted molar refractivity (Wildman–Crippen MR) is 130 cm³/mol. The molecular formula is C27H24ClNO4. The normalized spacial score (nSPS) is 17.5. The summed E-state index contributed by atoms with van der Waals surface area (Å²) in [6.07, 6.45) is 0. The maximum Gasteiger partial charge on any atom is 0.300 e. The van der Waals surface area contributed by atoms with Gasteiger partial charge in [0.15, 0.2) is 0 Å². The first-order chi connectivity index (χ1) is 15.7. The standard InChI is InChI=1S/C27H24ClNO4/c1-15-6-5-7-18(12-15)24-23(25(30)19-9-8-16(2)17(3)13-19)26(31)27(32)29(24)20-10-11-22(33-4)21(28)14-20/h5-14,24,30H,1-4H3/b25-23+. The van der Waals surface area contributed by atoms with Crippen molar-refractivity contribution in [2.24, 2.45) is 0 Å². The molecule has 33 heavy (non-hydrogen) atoms. The van der Waals surface area contributed by atoms with E-state index < -0.39 is 17.7 Å². The van der Waals surface area contributed by atoms with Crippen LogP contribution in [0.3, 0.4) is 0 Å². The van der Waals surface area contributed by atoms with Gasteiger partial charge in [-0.05, 0) is 61.7 Å². The Morgan fingerprint density at radius 2 is 1.73 bits per heavy atom. The molecule has 1 saturated heterocycles. The Kier molecular flexibility index (Phi) is 6.00. The van der Waals surface area contributed by atoms with Gasteiger partial charge in [0, 0.05) is 11.3 Å². The molecule has 1 fully saturated rings. The zero-order valence-electron chi connectivity index (χ0n) is 18.8. The molecule has 1 N–H and O–H groups in total. The third-order valence-electron chi connectivity index (χ3n) is 6.00. The third kappa shape index (κ3) is 4.00. The largest absolute Gasteiger partial charge is 0.507 e. The number of rotatable bonds is 4. The minimum absolute atomic E-state index is 0.0424. The molecular weight excluding hydrogens is 438 g/mol. The lowest BCUT2D eigenvalue weighted by molar-refractivity contribution is -0.132. The monoisotopic (exact) mass is 461 g/mol. The number of aliphatic hydroxyl groups is 1. The Hall–Kier alpha value is -3.57. The molecule has 3 aromatic carbocycles. The van der Waals surface area contributed by atoms with Crippen LogP contribution in [0.5, 0.6) is 5.75 Å². The molecule has 0 saturated carbocycles. The molecule has 5 nitrogen and oxygen atoms in total. The van der Waals surface area contributed by atoms with Crippen molar-refractivity contribution in [1.29, 1.82) is 0 Å². The van der Waals surface area contributed by atoms with Gasteiger partial charge in [-0.15, -0.1) is 0 Å². The molecule has 1 amide bonds. The highest BCUT2D eigenvalue weighted by atomic mass is 35.5. The van der Waals surface area contributed by atoms with E-state index >= 15 is 0 Å². The maximum atomic E-state index is 13.3. The van der Waals surface area contributed by atoms with E-state index in [-0.39, 0.29) is 11.3 Å². The number of nitrogens with zero attached hydrogens (tertiary/aromatic N) is 1. The number of methoxy groups -OCH3 is 1. The molecule has 0 spiro atoms. The summed E-state index contributed by atoms with van der Waals surface area (Å²) in [5.41, 5.74) is 4.69. The van der Waals surface area contributed by atoms with Crippen molar-refractivity contribution in [2.75, 3.05) is 12.0 Å². The number of hydrogen-bond donors (Lipinski definition) is 1. The fourth-order valence-electron chi connectivity index (χ4n) is 4.10. The number of carbonyl (C=O) groups is 2. The SMILES string of the molecule is COc1ccc(N2C(=O)C(=O)/C(=C(/O)c3ccc(C)c(C)c3)C2c2cccc(C)c2)cc1Cl. The minimum atomic E-state index is -0.809. The third-order valence-corrected chi connectivity index (χ3v) is 6.29. The average Bonchev–Trinajstić information content (AvgIpc) is 3.05. The van der Waals surface area contributed by atoms with Gasteiger partial charge in [-0.25, -0.2) is 0 Å². The lowest BCUT2D eigenvalue weighted by atomic mass is 9.93. The van der Waals surface area contributed by atoms with E-state index in [9.17, 15) is 14.7 Å². The van der Waals surface area contributed by atoms with Gasteiger partial charge in [-0.2, -0.15) is 0 Å². The van der Waals surface area contributed by atoms with Crippen molar-refractivity contribution in [3.8, 4) is 5.75 Å². The summed E-state index contributed by atoms with van der Waals surface area (Å²) in [4.78, 5) is 27.9. The zero-order valence-corrected chi connectivity index (χ0v) is 19.6. The molecule has 3 aromatic rings. The second-order valence-electron chi connectivity index (χ2n) is 8.20. The Morgan fingerprint density at radius 1 is 0.970 bits per heavy atom. The van der Waals surface area contributed by atoms with E-state index in [0.717, 1.165) is 16.7 Å². The van der Waals surface area contributed by atoms with E-state index in [4.69, 9.17) is 16.3 Å². The van der Waals surface area contributed by atoms with Crippen molar-refractivity contribution < 1.29 is 19.4 Å². The molecule has 168 valence electrons. The molecule has 0 aromatic heterocycles. The van der Waals surface area contributed by atoms with Crippen LogP contribution < -0.4 is 9.64 Å². The van der Waals surface area contributed by atoms with Crippen LogP contribution in [0, 0.1) is 20.8 Å². The summed E-state index contributed by atoms with van der Waals surface area (Å²) in [6.45, 7) is 5.84. The number of anilines is 1. The van der Waals surface area contributed by atoms with Crippen LogP contribution in [0.2, 0.25) is 5.02 Å². The van der Waals surface area contributed by atoms with E-state index in [1.807, 2.05) is 57.2 Å². The number of amides is 1. The topological polar surface area (TPSA) is 66.8 Å². The molecule has 0 radical (unpaired) electrons. The van der Waals surface area contributed by atoms with Crippen LogP contribution in [0.4, 0.5) is 5.69 Å². The van der Waals surface area contributed by atoms with Crippen LogP contribution in [0.15, 0.2) is 66.2 Å². The molecule has 1 atom stereocenters. The Balaban J connectivity index is 1.96. The highest BCUT2D eigenvalue weighted by molar-refractivity contribution is 6.51. The van der Waals surface area contributed by atoms with Crippen LogP contribution in [0.25, 0.3) is 5.76 Å². The summed E-state index contributed by atoms with van der Waals surface area (Å²) in [5.74, 6) is -1.22. The Labute approximate surface area is 197 Å². The van der Waals surface area contributed by atoms with E-state index in [1.165, 1.54) is 12.0 Å². The van der Waals surface area contributed by atoms with E-state index in [2.05, 4.69) is 0 Å². The molecule has 4 rings (SSSR count). The van der Waals surface area contributed by atoms with Gasteiger partial charge in [0.2, 0.25) is 0 Å². The quantitative estimate of drug-likeness (QED) is 0.298.